The number of hydrogen-bond donors (Lipinski definition) is 1. The molecule has 0 bridgehead atoms. The van der Waals surface area contributed by atoms with Crippen LogP contribution in [0.3, 0.4) is 0 Å². The van der Waals surface area contributed by atoms with Crippen molar-refractivity contribution in [3.8, 4) is 0 Å². The van der Waals surface area contributed by atoms with Crippen LogP contribution in [-0.2, 0) is 6.42 Å². The fraction of sp³-hybridized carbons (Fsp3) is 0.286. The zero-order valence-corrected chi connectivity index (χ0v) is 9.39. The van der Waals surface area contributed by atoms with Crippen molar-refractivity contribution in [2.24, 2.45) is 0 Å². The van der Waals surface area contributed by atoms with Crippen molar-refractivity contribution < 1.29 is 9.52 Å². The Morgan fingerprint density at radius 1 is 1.25 bits per heavy atom. The van der Waals surface area contributed by atoms with Crippen molar-refractivity contribution in [3.05, 3.63) is 59.5 Å². The molecule has 0 spiro atoms. The van der Waals surface area contributed by atoms with E-state index < -0.39 is 6.10 Å². The third kappa shape index (κ3) is 2.34. The molecule has 0 saturated carbocycles. The number of aryl methyl sites for hydroxylation is 1. The first kappa shape index (κ1) is 11.0. The second-order valence-corrected chi connectivity index (χ2v) is 3.91. The van der Waals surface area contributed by atoms with E-state index in [0.717, 1.165) is 18.4 Å². The van der Waals surface area contributed by atoms with Crippen molar-refractivity contribution in [1.29, 1.82) is 0 Å². The van der Waals surface area contributed by atoms with E-state index in [4.69, 9.17) is 4.42 Å². The zero-order chi connectivity index (χ0) is 11.4. The third-order valence-corrected chi connectivity index (χ3v) is 2.62. The molecule has 2 nitrogen and oxygen atoms in total. The van der Waals surface area contributed by atoms with E-state index in [9.17, 15) is 5.11 Å². The van der Waals surface area contributed by atoms with Crippen LogP contribution in [0.15, 0.2) is 47.1 Å². The van der Waals surface area contributed by atoms with Crippen molar-refractivity contribution in [1.82, 2.24) is 0 Å². The first-order valence-corrected chi connectivity index (χ1v) is 5.61. The van der Waals surface area contributed by atoms with E-state index in [2.05, 4.69) is 13.0 Å². The van der Waals surface area contributed by atoms with Crippen molar-refractivity contribution in [2.75, 3.05) is 0 Å². The van der Waals surface area contributed by atoms with Crippen LogP contribution in [-0.4, -0.2) is 5.11 Å². The lowest BCUT2D eigenvalue weighted by atomic mass is 10.0. The second kappa shape index (κ2) is 4.99. The molecule has 1 N–H and O–H groups in total. The van der Waals surface area contributed by atoms with E-state index in [1.165, 1.54) is 5.56 Å². The first-order chi connectivity index (χ1) is 7.81. The normalized spacial score (nSPS) is 12.6. The summed E-state index contributed by atoms with van der Waals surface area (Å²) in [5.74, 6) is 0.591. The van der Waals surface area contributed by atoms with Gasteiger partial charge < -0.3 is 9.52 Å². The van der Waals surface area contributed by atoms with Gasteiger partial charge in [0.15, 0.2) is 0 Å². The van der Waals surface area contributed by atoms with Gasteiger partial charge in [0.2, 0.25) is 0 Å². The van der Waals surface area contributed by atoms with E-state index in [1.807, 2.05) is 18.2 Å². The summed E-state index contributed by atoms with van der Waals surface area (Å²) in [5.41, 5.74) is 2.14. The maximum atomic E-state index is 10.1. The van der Waals surface area contributed by atoms with Gasteiger partial charge in [-0.1, -0.05) is 37.6 Å². The lowest BCUT2D eigenvalue weighted by Crippen LogP contribution is -1.98. The Hall–Kier alpha value is -1.54. The highest BCUT2D eigenvalue weighted by molar-refractivity contribution is 5.29. The van der Waals surface area contributed by atoms with E-state index >= 15 is 0 Å². The third-order valence-electron chi connectivity index (χ3n) is 2.62. The lowest BCUT2D eigenvalue weighted by Gasteiger charge is -2.09. The predicted octanol–water partition coefficient (Wildman–Crippen LogP) is 3.31. The molecule has 84 valence electrons. The predicted molar refractivity (Wildman–Crippen MR) is 63.2 cm³/mol. The minimum atomic E-state index is -0.660. The van der Waals surface area contributed by atoms with Crippen LogP contribution in [0, 0.1) is 0 Å². The number of rotatable bonds is 4. The van der Waals surface area contributed by atoms with Gasteiger partial charge in [0.05, 0.1) is 6.26 Å². The van der Waals surface area contributed by atoms with E-state index in [-0.39, 0.29) is 0 Å². The van der Waals surface area contributed by atoms with Gasteiger partial charge >= 0.3 is 0 Å². The Kier molecular flexibility index (Phi) is 3.42. The Morgan fingerprint density at radius 3 is 2.81 bits per heavy atom. The summed E-state index contributed by atoms with van der Waals surface area (Å²) in [6.45, 7) is 2.15. The van der Waals surface area contributed by atoms with Gasteiger partial charge in [-0.2, -0.15) is 0 Å². The molecule has 0 aliphatic rings. The highest BCUT2D eigenvalue weighted by Gasteiger charge is 2.12. The van der Waals surface area contributed by atoms with E-state index in [1.54, 1.807) is 18.4 Å². The molecule has 0 aliphatic carbocycles. The van der Waals surface area contributed by atoms with Gasteiger partial charge in [-0.15, -0.1) is 0 Å². The molecule has 0 aliphatic heterocycles. The van der Waals surface area contributed by atoms with Gasteiger partial charge in [0, 0.05) is 0 Å². The number of aliphatic hydroxyl groups excluding tert-OH is 1. The minimum Gasteiger partial charge on any atom is -0.466 e. The highest BCUT2D eigenvalue weighted by atomic mass is 16.4. The topological polar surface area (TPSA) is 33.4 Å². The van der Waals surface area contributed by atoms with Crippen LogP contribution in [0.2, 0.25) is 0 Å². The molecule has 0 fully saturated rings. The number of aliphatic hydroxyl groups is 1. The fourth-order valence-corrected chi connectivity index (χ4v) is 1.82. The molecule has 1 atom stereocenters. The van der Waals surface area contributed by atoms with Gasteiger partial charge in [0.1, 0.15) is 11.9 Å². The SMILES string of the molecule is CCCc1cccc(C(O)c2ccco2)c1. The Bertz CT molecular complexity index is 432. The molecule has 2 rings (SSSR count). The number of hydrogen-bond acceptors (Lipinski definition) is 2. The summed E-state index contributed by atoms with van der Waals surface area (Å²) >= 11 is 0. The largest absolute Gasteiger partial charge is 0.466 e. The van der Waals surface area contributed by atoms with Crippen LogP contribution < -0.4 is 0 Å². The minimum absolute atomic E-state index is 0.591. The smallest absolute Gasteiger partial charge is 0.137 e. The second-order valence-electron chi connectivity index (χ2n) is 3.91. The standard InChI is InChI=1S/C14H16O2/c1-2-5-11-6-3-7-12(10-11)14(15)13-8-4-9-16-13/h3-4,6-10,14-15H,2,5H2,1H3. The molecule has 0 radical (unpaired) electrons. The summed E-state index contributed by atoms with van der Waals surface area (Å²) < 4.78 is 5.20. The summed E-state index contributed by atoms with van der Waals surface area (Å²) in [5, 5.41) is 10.1. The monoisotopic (exact) mass is 216 g/mol. The molecule has 0 saturated heterocycles. The van der Waals surface area contributed by atoms with Crippen molar-refractivity contribution in [3.63, 3.8) is 0 Å². The van der Waals surface area contributed by atoms with Crippen molar-refractivity contribution >= 4 is 0 Å². The molecule has 0 amide bonds. The molecule has 1 aromatic heterocycles. The van der Waals surface area contributed by atoms with Gasteiger partial charge in [-0.05, 0) is 29.7 Å². The Labute approximate surface area is 95.5 Å². The summed E-state index contributed by atoms with van der Waals surface area (Å²) in [4.78, 5) is 0. The molecule has 1 unspecified atom stereocenters. The first-order valence-electron chi connectivity index (χ1n) is 5.61. The summed E-state index contributed by atoms with van der Waals surface area (Å²) in [6.07, 6.45) is 3.07. The Morgan fingerprint density at radius 2 is 2.12 bits per heavy atom. The average Bonchev–Trinajstić information content (AvgIpc) is 2.82. The van der Waals surface area contributed by atoms with Gasteiger partial charge in [-0.3, -0.25) is 0 Å². The average molecular weight is 216 g/mol. The fourth-order valence-electron chi connectivity index (χ4n) is 1.82. The van der Waals surface area contributed by atoms with Gasteiger partial charge in [-0.25, -0.2) is 0 Å². The maximum Gasteiger partial charge on any atom is 0.137 e. The van der Waals surface area contributed by atoms with E-state index in [0.29, 0.717) is 5.76 Å². The van der Waals surface area contributed by atoms with Crippen LogP contribution in [0.25, 0.3) is 0 Å². The summed E-state index contributed by atoms with van der Waals surface area (Å²) in [6, 6.07) is 11.6. The zero-order valence-electron chi connectivity index (χ0n) is 9.39. The Balaban J connectivity index is 2.23. The molecule has 2 aromatic rings. The van der Waals surface area contributed by atoms with Gasteiger partial charge in [0.25, 0.3) is 0 Å². The van der Waals surface area contributed by atoms with Crippen LogP contribution in [0.4, 0.5) is 0 Å². The lowest BCUT2D eigenvalue weighted by molar-refractivity contribution is 0.189. The molecule has 2 heteroatoms. The number of benzene rings is 1. The van der Waals surface area contributed by atoms with Crippen LogP contribution >= 0.6 is 0 Å². The highest BCUT2D eigenvalue weighted by Crippen LogP contribution is 2.23. The van der Waals surface area contributed by atoms with Crippen LogP contribution in [0.1, 0.15) is 36.3 Å². The van der Waals surface area contributed by atoms with Crippen LogP contribution in [0.5, 0.6) is 0 Å². The van der Waals surface area contributed by atoms with Crippen molar-refractivity contribution in [2.45, 2.75) is 25.9 Å². The molecule has 1 aromatic carbocycles. The number of furan rings is 1. The maximum absolute atomic E-state index is 10.1. The molecular formula is C14H16O2. The molecular weight excluding hydrogens is 200 g/mol. The molecule has 1 heterocycles. The molecule has 16 heavy (non-hydrogen) atoms. The quantitative estimate of drug-likeness (QED) is 0.850. The summed E-state index contributed by atoms with van der Waals surface area (Å²) in [7, 11) is 0.